The van der Waals surface area contributed by atoms with Gasteiger partial charge in [0.1, 0.15) is 0 Å². The minimum atomic E-state index is -1.43. The highest BCUT2D eigenvalue weighted by molar-refractivity contribution is 9.10. The highest BCUT2D eigenvalue weighted by atomic mass is 79.9. The van der Waals surface area contributed by atoms with Gasteiger partial charge in [-0.2, -0.15) is 0 Å². The van der Waals surface area contributed by atoms with E-state index in [0.29, 0.717) is 15.3 Å². The third-order valence-electron chi connectivity index (χ3n) is 1.99. The topological polar surface area (TPSA) is 59.7 Å². The predicted octanol–water partition coefficient (Wildman–Crippen LogP) is 4.42. The molecule has 1 aromatic heterocycles. The normalized spacial score (nSPS) is 10.2. The number of hydrogen-bond acceptors (Lipinski definition) is 3. The van der Waals surface area contributed by atoms with Crippen LogP contribution in [0.1, 0.15) is 0 Å². The maximum atomic E-state index is 10.4. The van der Waals surface area contributed by atoms with Crippen molar-refractivity contribution in [2.45, 2.75) is 0 Å². The first-order chi connectivity index (χ1) is 8.06. The van der Waals surface area contributed by atoms with E-state index >= 15 is 0 Å². The summed E-state index contributed by atoms with van der Waals surface area (Å²) in [5.41, 5.74) is 1.47. The standard InChI is InChI=1S/C11H6BrClO4/c12-10-8(5-9(16-10)17-11(14)15)6-2-1-3-7(13)4-6/h1-5H,(H,14,15). The van der Waals surface area contributed by atoms with Crippen LogP contribution in [0.15, 0.2) is 39.4 Å². The van der Waals surface area contributed by atoms with Crippen molar-refractivity contribution in [2.24, 2.45) is 0 Å². The number of hydrogen-bond donors (Lipinski definition) is 1. The van der Waals surface area contributed by atoms with Gasteiger partial charge in [-0.05, 0) is 33.6 Å². The van der Waals surface area contributed by atoms with Gasteiger partial charge in [0.15, 0.2) is 4.67 Å². The van der Waals surface area contributed by atoms with E-state index in [2.05, 4.69) is 20.7 Å². The molecule has 0 atom stereocenters. The highest BCUT2D eigenvalue weighted by Gasteiger charge is 2.14. The van der Waals surface area contributed by atoms with Gasteiger partial charge in [-0.3, -0.25) is 0 Å². The maximum Gasteiger partial charge on any atom is 0.513 e. The lowest BCUT2D eigenvalue weighted by Gasteiger charge is -1.97. The summed E-state index contributed by atoms with van der Waals surface area (Å²) >= 11 is 9.05. The summed E-state index contributed by atoms with van der Waals surface area (Å²) in [7, 11) is 0. The monoisotopic (exact) mass is 316 g/mol. The molecule has 2 aromatic rings. The molecular formula is C11H6BrClO4. The number of rotatable bonds is 2. The van der Waals surface area contributed by atoms with Crippen LogP contribution in [0.2, 0.25) is 5.02 Å². The van der Waals surface area contributed by atoms with Crippen LogP contribution in [0.25, 0.3) is 11.1 Å². The van der Waals surface area contributed by atoms with E-state index in [4.69, 9.17) is 21.1 Å². The van der Waals surface area contributed by atoms with Crippen molar-refractivity contribution in [3.05, 3.63) is 40.0 Å². The number of carbonyl (C=O) groups is 1. The highest BCUT2D eigenvalue weighted by Crippen LogP contribution is 2.35. The van der Waals surface area contributed by atoms with Gasteiger partial charge in [-0.25, -0.2) is 4.79 Å². The summed E-state index contributed by atoms with van der Waals surface area (Å²) in [6.45, 7) is 0. The third-order valence-corrected chi connectivity index (χ3v) is 2.81. The summed E-state index contributed by atoms with van der Waals surface area (Å²) in [6, 6.07) is 8.57. The largest absolute Gasteiger partial charge is 0.513 e. The molecule has 0 saturated carbocycles. The Balaban J connectivity index is 2.39. The fourth-order valence-electron chi connectivity index (χ4n) is 1.34. The molecule has 1 heterocycles. The van der Waals surface area contributed by atoms with Crippen molar-refractivity contribution >= 4 is 33.7 Å². The van der Waals surface area contributed by atoms with Crippen LogP contribution in [-0.2, 0) is 0 Å². The van der Waals surface area contributed by atoms with Crippen molar-refractivity contribution in [3.63, 3.8) is 0 Å². The van der Waals surface area contributed by atoms with Gasteiger partial charge in [-0.15, -0.1) is 0 Å². The van der Waals surface area contributed by atoms with Gasteiger partial charge in [0.05, 0.1) is 0 Å². The Kier molecular flexibility index (Phi) is 3.40. The lowest BCUT2D eigenvalue weighted by molar-refractivity contribution is 0.132. The van der Waals surface area contributed by atoms with Crippen LogP contribution in [0, 0.1) is 0 Å². The average molecular weight is 318 g/mol. The van der Waals surface area contributed by atoms with Gasteiger partial charge in [0.25, 0.3) is 5.95 Å². The Hall–Kier alpha value is -1.46. The van der Waals surface area contributed by atoms with Gasteiger partial charge in [0, 0.05) is 16.7 Å². The smallest absolute Gasteiger partial charge is 0.449 e. The number of furan rings is 1. The van der Waals surface area contributed by atoms with Gasteiger partial charge in [0.2, 0.25) is 0 Å². The molecule has 0 aliphatic heterocycles. The van der Waals surface area contributed by atoms with Crippen molar-refractivity contribution in [1.82, 2.24) is 0 Å². The fourth-order valence-corrected chi connectivity index (χ4v) is 2.03. The SMILES string of the molecule is O=C(O)Oc1cc(-c2cccc(Cl)c2)c(Br)o1. The zero-order valence-electron chi connectivity index (χ0n) is 8.31. The zero-order valence-corrected chi connectivity index (χ0v) is 10.7. The maximum absolute atomic E-state index is 10.4. The van der Waals surface area contributed by atoms with E-state index < -0.39 is 6.16 Å². The number of ether oxygens (including phenoxy) is 1. The number of halogens is 2. The van der Waals surface area contributed by atoms with E-state index in [9.17, 15) is 4.79 Å². The molecule has 0 unspecified atom stereocenters. The van der Waals surface area contributed by atoms with Gasteiger partial charge >= 0.3 is 6.16 Å². The van der Waals surface area contributed by atoms with E-state index in [1.54, 1.807) is 18.2 Å². The van der Waals surface area contributed by atoms with Crippen LogP contribution in [0.5, 0.6) is 5.95 Å². The molecule has 0 saturated heterocycles. The molecule has 1 N–H and O–H groups in total. The van der Waals surface area contributed by atoms with Crippen LogP contribution in [0.3, 0.4) is 0 Å². The minimum absolute atomic E-state index is 0.0978. The second kappa shape index (κ2) is 4.81. The summed E-state index contributed by atoms with van der Waals surface area (Å²) in [5, 5.41) is 9.04. The molecule has 0 fully saturated rings. The van der Waals surface area contributed by atoms with Crippen molar-refractivity contribution in [1.29, 1.82) is 0 Å². The van der Waals surface area contributed by atoms with E-state index in [0.717, 1.165) is 5.56 Å². The molecule has 2 rings (SSSR count). The molecule has 0 amide bonds. The summed E-state index contributed by atoms with van der Waals surface area (Å²) < 4.78 is 9.89. The van der Waals surface area contributed by atoms with Crippen LogP contribution in [0.4, 0.5) is 4.79 Å². The molecule has 88 valence electrons. The Morgan fingerprint density at radius 2 is 2.18 bits per heavy atom. The molecule has 0 aliphatic rings. The molecule has 0 spiro atoms. The zero-order chi connectivity index (χ0) is 12.4. The number of benzene rings is 1. The van der Waals surface area contributed by atoms with E-state index in [1.807, 2.05) is 6.07 Å². The second-order valence-corrected chi connectivity index (χ2v) is 4.29. The van der Waals surface area contributed by atoms with Crippen LogP contribution < -0.4 is 4.74 Å². The van der Waals surface area contributed by atoms with Crippen molar-refractivity contribution in [2.75, 3.05) is 0 Å². The van der Waals surface area contributed by atoms with Crippen molar-refractivity contribution < 1.29 is 19.1 Å². The first-order valence-electron chi connectivity index (χ1n) is 4.52. The molecule has 0 bridgehead atoms. The van der Waals surface area contributed by atoms with Crippen LogP contribution >= 0.6 is 27.5 Å². The van der Waals surface area contributed by atoms with Crippen LogP contribution in [-0.4, -0.2) is 11.3 Å². The third kappa shape index (κ3) is 2.81. The van der Waals surface area contributed by atoms with Gasteiger partial charge < -0.3 is 14.3 Å². The molecule has 1 aromatic carbocycles. The first kappa shape index (κ1) is 12.0. The Morgan fingerprint density at radius 1 is 1.41 bits per heavy atom. The lowest BCUT2D eigenvalue weighted by Crippen LogP contribution is -2.01. The molecule has 17 heavy (non-hydrogen) atoms. The summed E-state index contributed by atoms with van der Waals surface area (Å²) in [6.07, 6.45) is -1.43. The number of carboxylic acid groups (broad SMARTS) is 1. The van der Waals surface area contributed by atoms with Crippen molar-refractivity contribution in [3.8, 4) is 17.1 Å². The predicted molar refractivity (Wildman–Crippen MR) is 65.5 cm³/mol. The summed E-state index contributed by atoms with van der Waals surface area (Å²) in [4.78, 5) is 10.4. The Morgan fingerprint density at radius 3 is 2.82 bits per heavy atom. The summed E-state index contributed by atoms with van der Waals surface area (Å²) in [5.74, 6) is -0.0978. The van der Waals surface area contributed by atoms with E-state index in [1.165, 1.54) is 6.07 Å². The second-order valence-electron chi connectivity index (χ2n) is 3.13. The quantitative estimate of drug-likeness (QED) is 0.833. The Bertz CT molecular complexity index is 564. The Labute approximate surface area is 110 Å². The molecule has 0 aliphatic carbocycles. The molecule has 0 radical (unpaired) electrons. The molecule has 4 nitrogen and oxygen atoms in total. The fraction of sp³-hybridized carbons (Fsp3) is 0. The van der Waals surface area contributed by atoms with E-state index in [-0.39, 0.29) is 5.95 Å². The minimum Gasteiger partial charge on any atom is -0.449 e. The average Bonchev–Trinajstić information content (AvgIpc) is 2.58. The molecule has 6 heteroatoms. The first-order valence-corrected chi connectivity index (χ1v) is 5.69. The lowest BCUT2D eigenvalue weighted by atomic mass is 10.1. The van der Waals surface area contributed by atoms with Gasteiger partial charge in [-0.1, -0.05) is 23.7 Å². The molecular weight excluding hydrogens is 311 g/mol.